The van der Waals surface area contributed by atoms with Crippen LogP contribution < -0.4 is 0 Å². The molecule has 0 fully saturated rings. The Balaban J connectivity index is 1.49. The fraction of sp³-hybridized carbons (Fsp3) is 0. The van der Waals surface area contributed by atoms with Crippen molar-refractivity contribution in [3.8, 4) is 34.7 Å². The van der Waals surface area contributed by atoms with Crippen molar-refractivity contribution in [3.63, 3.8) is 0 Å². The zero-order chi connectivity index (χ0) is 23.9. The minimum atomic E-state index is 0.511. The Kier molecular flexibility index (Phi) is 4.67. The quantitative estimate of drug-likeness (QED) is 0.299. The van der Waals surface area contributed by atoms with Crippen LogP contribution in [0.3, 0.4) is 0 Å². The van der Waals surface area contributed by atoms with Crippen molar-refractivity contribution in [1.82, 2.24) is 29.1 Å². The molecular formula is C30H20N6. The number of fused-ring (bicyclic) bond motifs is 3. The zero-order valence-corrected chi connectivity index (χ0v) is 19.2. The molecule has 0 aliphatic heterocycles. The van der Waals surface area contributed by atoms with Gasteiger partial charge in [-0.2, -0.15) is 9.97 Å². The SMILES string of the molecule is c1ccc(-c2nc(-c3ccccc3)nc(-n3ccnc3-n3c4ccccc4c4ccccc43)n2)cc1. The highest BCUT2D eigenvalue weighted by Gasteiger charge is 2.19. The van der Waals surface area contributed by atoms with Gasteiger partial charge in [0.05, 0.1) is 11.0 Å². The van der Waals surface area contributed by atoms with Crippen molar-refractivity contribution in [1.29, 1.82) is 0 Å². The highest BCUT2D eigenvalue weighted by Crippen LogP contribution is 2.32. The molecule has 0 N–H and O–H groups in total. The lowest BCUT2D eigenvalue weighted by atomic mass is 10.2. The summed E-state index contributed by atoms with van der Waals surface area (Å²) in [6, 6.07) is 36.7. The standard InChI is InChI=1S/C30H20N6/c1-3-11-21(12-4-1)27-32-28(22-13-5-2-6-14-22)34-29(33-27)35-20-19-31-30(35)36-25-17-9-7-15-23(25)24-16-8-10-18-26(24)36/h1-20H. The van der Waals surface area contributed by atoms with E-state index in [1.807, 2.05) is 71.4 Å². The summed E-state index contributed by atoms with van der Waals surface area (Å²) < 4.78 is 4.10. The monoisotopic (exact) mass is 464 g/mol. The molecule has 3 aromatic heterocycles. The van der Waals surface area contributed by atoms with Gasteiger partial charge in [-0.25, -0.2) is 9.97 Å². The first-order valence-electron chi connectivity index (χ1n) is 11.8. The van der Waals surface area contributed by atoms with Gasteiger partial charge in [0.25, 0.3) is 0 Å². The minimum Gasteiger partial charge on any atom is -0.279 e. The largest absolute Gasteiger partial charge is 0.279 e. The molecule has 0 unspecified atom stereocenters. The van der Waals surface area contributed by atoms with Crippen LogP contribution in [0.4, 0.5) is 0 Å². The summed E-state index contributed by atoms with van der Waals surface area (Å²) in [7, 11) is 0. The number of hydrogen-bond acceptors (Lipinski definition) is 4. The Hall–Kier alpha value is -5.10. The van der Waals surface area contributed by atoms with Crippen LogP contribution in [0.25, 0.3) is 56.5 Å². The topological polar surface area (TPSA) is 61.4 Å². The third-order valence-electron chi connectivity index (χ3n) is 6.30. The van der Waals surface area contributed by atoms with Crippen molar-refractivity contribution in [3.05, 3.63) is 122 Å². The van der Waals surface area contributed by atoms with Crippen molar-refractivity contribution >= 4 is 21.8 Å². The molecule has 0 aliphatic carbocycles. The van der Waals surface area contributed by atoms with E-state index in [4.69, 9.17) is 19.9 Å². The predicted octanol–water partition coefficient (Wildman–Crippen LogP) is 6.49. The summed E-state index contributed by atoms with van der Waals surface area (Å²) in [4.78, 5) is 19.4. The first kappa shape index (κ1) is 20.3. The summed E-state index contributed by atoms with van der Waals surface area (Å²) in [6.07, 6.45) is 3.69. The zero-order valence-electron chi connectivity index (χ0n) is 19.2. The predicted molar refractivity (Wildman–Crippen MR) is 142 cm³/mol. The molecule has 6 heteroatoms. The van der Waals surface area contributed by atoms with Crippen LogP contribution in [0.5, 0.6) is 0 Å². The van der Waals surface area contributed by atoms with Crippen molar-refractivity contribution in [2.24, 2.45) is 0 Å². The van der Waals surface area contributed by atoms with E-state index in [9.17, 15) is 0 Å². The average Bonchev–Trinajstić information content (AvgIpc) is 3.56. The number of benzene rings is 4. The Bertz CT molecular complexity index is 1720. The second-order valence-corrected chi connectivity index (χ2v) is 8.48. The third kappa shape index (κ3) is 3.27. The van der Waals surface area contributed by atoms with Crippen LogP contribution in [0, 0.1) is 0 Å². The molecule has 36 heavy (non-hydrogen) atoms. The van der Waals surface area contributed by atoms with E-state index in [0.29, 0.717) is 17.6 Å². The fourth-order valence-corrected chi connectivity index (χ4v) is 4.66. The fourth-order valence-electron chi connectivity index (χ4n) is 4.66. The van der Waals surface area contributed by atoms with Crippen molar-refractivity contribution < 1.29 is 0 Å². The molecule has 0 atom stereocenters. The van der Waals surface area contributed by atoms with E-state index in [-0.39, 0.29) is 0 Å². The van der Waals surface area contributed by atoms with E-state index < -0.39 is 0 Å². The van der Waals surface area contributed by atoms with Gasteiger partial charge in [-0.05, 0) is 12.1 Å². The van der Waals surface area contributed by atoms with Crippen LogP contribution >= 0.6 is 0 Å². The molecule has 0 spiro atoms. The maximum absolute atomic E-state index is 4.89. The summed E-state index contributed by atoms with van der Waals surface area (Å²) in [5, 5.41) is 2.35. The molecule has 7 rings (SSSR count). The molecule has 0 saturated carbocycles. The molecule has 0 amide bonds. The summed E-state index contributed by atoms with van der Waals surface area (Å²) in [6.45, 7) is 0. The van der Waals surface area contributed by atoms with Crippen molar-refractivity contribution in [2.45, 2.75) is 0 Å². The van der Waals surface area contributed by atoms with Gasteiger partial charge in [-0.15, -0.1) is 0 Å². The van der Waals surface area contributed by atoms with Gasteiger partial charge in [0.2, 0.25) is 11.9 Å². The van der Waals surface area contributed by atoms with Gasteiger partial charge in [0.1, 0.15) is 0 Å². The molecule has 0 aliphatic rings. The maximum Gasteiger partial charge on any atom is 0.240 e. The maximum atomic E-state index is 4.89. The first-order valence-corrected chi connectivity index (χ1v) is 11.8. The van der Waals surface area contributed by atoms with Crippen LogP contribution in [0.1, 0.15) is 0 Å². The van der Waals surface area contributed by atoms with Crippen LogP contribution in [-0.4, -0.2) is 29.1 Å². The van der Waals surface area contributed by atoms with Crippen LogP contribution in [0.2, 0.25) is 0 Å². The molecule has 6 nitrogen and oxygen atoms in total. The van der Waals surface area contributed by atoms with Gasteiger partial charge in [0.15, 0.2) is 11.6 Å². The Morgan fingerprint density at radius 3 is 1.56 bits per heavy atom. The Labute approximate surface area is 207 Å². The number of rotatable bonds is 4. The first-order chi connectivity index (χ1) is 17.9. The van der Waals surface area contributed by atoms with Crippen molar-refractivity contribution in [2.75, 3.05) is 0 Å². The molecule has 4 aromatic carbocycles. The Morgan fingerprint density at radius 1 is 0.500 bits per heavy atom. The summed E-state index contributed by atoms with van der Waals surface area (Å²) >= 11 is 0. The summed E-state index contributed by atoms with van der Waals surface area (Å²) in [5.41, 5.74) is 4.01. The lowest BCUT2D eigenvalue weighted by Gasteiger charge is -2.12. The number of aromatic nitrogens is 6. The second kappa shape index (κ2) is 8.29. The lowest BCUT2D eigenvalue weighted by Crippen LogP contribution is -2.10. The molecule has 0 saturated heterocycles. The highest BCUT2D eigenvalue weighted by molar-refractivity contribution is 6.08. The number of para-hydroxylation sites is 2. The second-order valence-electron chi connectivity index (χ2n) is 8.48. The van der Waals surface area contributed by atoms with E-state index in [1.165, 1.54) is 10.8 Å². The average molecular weight is 465 g/mol. The normalized spacial score (nSPS) is 11.3. The Morgan fingerprint density at radius 2 is 1.00 bits per heavy atom. The van der Waals surface area contributed by atoms with Gasteiger partial charge in [-0.1, -0.05) is 97.1 Å². The molecule has 0 radical (unpaired) electrons. The van der Waals surface area contributed by atoms with Gasteiger partial charge in [0, 0.05) is 34.3 Å². The smallest absolute Gasteiger partial charge is 0.240 e. The highest BCUT2D eigenvalue weighted by atomic mass is 15.3. The van der Waals surface area contributed by atoms with E-state index >= 15 is 0 Å². The van der Waals surface area contributed by atoms with Gasteiger partial charge < -0.3 is 0 Å². The molecule has 3 heterocycles. The minimum absolute atomic E-state index is 0.511. The van der Waals surface area contributed by atoms with Crippen LogP contribution in [-0.2, 0) is 0 Å². The molecule has 7 aromatic rings. The molecule has 0 bridgehead atoms. The van der Waals surface area contributed by atoms with E-state index in [1.54, 1.807) is 6.20 Å². The van der Waals surface area contributed by atoms with E-state index in [0.717, 1.165) is 28.1 Å². The van der Waals surface area contributed by atoms with E-state index in [2.05, 4.69) is 53.1 Å². The number of hydrogen-bond donors (Lipinski definition) is 0. The third-order valence-corrected chi connectivity index (χ3v) is 6.30. The van der Waals surface area contributed by atoms with Crippen LogP contribution in [0.15, 0.2) is 122 Å². The molecular weight excluding hydrogens is 444 g/mol. The number of imidazole rings is 1. The lowest BCUT2D eigenvalue weighted by molar-refractivity contribution is 0.859. The number of nitrogens with zero attached hydrogens (tertiary/aromatic N) is 6. The van der Waals surface area contributed by atoms with Gasteiger partial charge >= 0.3 is 0 Å². The molecule has 170 valence electrons. The summed E-state index contributed by atoms with van der Waals surface area (Å²) in [5.74, 6) is 2.45. The van der Waals surface area contributed by atoms with Gasteiger partial charge in [-0.3, -0.25) is 9.13 Å².